The summed E-state index contributed by atoms with van der Waals surface area (Å²) in [6.07, 6.45) is 0. The molecule has 0 heterocycles. The van der Waals surface area contributed by atoms with Gasteiger partial charge in [0.05, 0.1) is 0 Å². The van der Waals surface area contributed by atoms with E-state index in [4.69, 9.17) is 11.5 Å². The van der Waals surface area contributed by atoms with Crippen LogP contribution in [-0.4, -0.2) is 12.1 Å². The average Bonchev–Trinajstić information content (AvgIpc) is 1.91. The molecule has 4 N–H and O–H groups in total. The molecule has 0 unspecified atom stereocenters. The molecule has 0 aromatic carbocycles. The second-order valence-electron chi connectivity index (χ2n) is 2.87. The molecule has 42 valence electrons. The standard InChI is InChI=1S/C5H12N2/c1-5(2)3(6)4(5)7/h3-4H,6-7H2,1-2H3/t3-,4-/m0/s1. The van der Waals surface area contributed by atoms with Crippen LogP contribution in [0.1, 0.15) is 13.8 Å². The molecule has 1 aliphatic carbocycles. The Morgan fingerprint density at radius 2 is 1.29 bits per heavy atom. The molecule has 2 atom stereocenters. The van der Waals surface area contributed by atoms with Crippen LogP contribution in [0.25, 0.3) is 0 Å². The van der Waals surface area contributed by atoms with Crippen LogP contribution >= 0.6 is 0 Å². The highest BCUT2D eigenvalue weighted by Crippen LogP contribution is 2.41. The van der Waals surface area contributed by atoms with Gasteiger partial charge in [-0.1, -0.05) is 13.8 Å². The highest BCUT2D eigenvalue weighted by molar-refractivity contribution is 5.12. The van der Waals surface area contributed by atoms with E-state index in [0.29, 0.717) is 0 Å². The fourth-order valence-electron chi connectivity index (χ4n) is 0.718. The van der Waals surface area contributed by atoms with Gasteiger partial charge < -0.3 is 11.5 Å². The fraction of sp³-hybridized carbons (Fsp3) is 1.00. The molecule has 0 aromatic heterocycles. The first-order valence-corrected chi connectivity index (χ1v) is 2.58. The maximum atomic E-state index is 5.52. The van der Waals surface area contributed by atoms with Gasteiger partial charge in [0.25, 0.3) is 0 Å². The SMILES string of the molecule is CC1(C)[C@@H](N)[C@@H]1N. The molecular weight excluding hydrogens is 88.1 g/mol. The average molecular weight is 100 g/mol. The zero-order chi connectivity index (χ0) is 5.65. The Morgan fingerprint density at radius 1 is 1.14 bits per heavy atom. The molecule has 0 saturated heterocycles. The predicted octanol–water partition coefficient (Wildman–Crippen LogP) is -0.319. The Balaban J connectivity index is 2.52. The summed E-state index contributed by atoms with van der Waals surface area (Å²) in [5.41, 5.74) is 11.3. The third-order valence-corrected chi connectivity index (χ3v) is 2.00. The smallest absolute Gasteiger partial charge is 0.0265 e. The van der Waals surface area contributed by atoms with Crippen molar-refractivity contribution in [2.75, 3.05) is 0 Å². The lowest BCUT2D eigenvalue weighted by molar-refractivity contribution is 0.597. The molecule has 2 heteroatoms. The van der Waals surface area contributed by atoms with Gasteiger partial charge >= 0.3 is 0 Å². The molecule has 0 bridgehead atoms. The van der Waals surface area contributed by atoms with E-state index >= 15 is 0 Å². The van der Waals surface area contributed by atoms with Crippen molar-refractivity contribution in [1.29, 1.82) is 0 Å². The molecule has 1 rings (SSSR count). The Bertz CT molecular complexity index is 78.1. The van der Waals surface area contributed by atoms with Gasteiger partial charge in [-0.05, 0) is 5.41 Å². The third kappa shape index (κ3) is 0.469. The molecule has 1 fully saturated rings. The van der Waals surface area contributed by atoms with Crippen molar-refractivity contribution in [1.82, 2.24) is 0 Å². The van der Waals surface area contributed by atoms with E-state index in [-0.39, 0.29) is 17.5 Å². The molecule has 7 heavy (non-hydrogen) atoms. The van der Waals surface area contributed by atoms with E-state index < -0.39 is 0 Å². The van der Waals surface area contributed by atoms with Crippen LogP contribution in [0, 0.1) is 5.41 Å². The molecule has 2 nitrogen and oxygen atoms in total. The second-order valence-corrected chi connectivity index (χ2v) is 2.87. The van der Waals surface area contributed by atoms with Crippen molar-refractivity contribution in [2.24, 2.45) is 16.9 Å². The lowest BCUT2D eigenvalue weighted by atomic mass is 10.2. The van der Waals surface area contributed by atoms with Gasteiger partial charge in [0.1, 0.15) is 0 Å². The molecule has 0 aromatic rings. The van der Waals surface area contributed by atoms with Gasteiger partial charge in [0, 0.05) is 12.1 Å². The molecule has 0 spiro atoms. The van der Waals surface area contributed by atoms with Crippen molar-refractivity contribution < 1.29 is 0 Å². The van der Waals surface area contributed by atoms with E-state index in [1.54, 1.807) is 0 Å². The van der Waals surface area contributed by atoms with Crippen molar-refractivity contribution in [3.8, 4) is 0 Å². The van der Waals surface area contributed by atoms with Crippen molar-refractivity contribution in [3.63, 3.8) is 0 Å². The van der Waals surface area contributed by atoms with Gasteiger partial charge in [-0.3, -0.25) is 0 Å². The number of rotatable bonds is 0. The Labute approximate surface area is 43.9 Å². The summed E-state index contributed by atoms with van der Waals surface area (Å²) in [6.45, 7) is 4.17. The molecule has 1 aliphatic rings. The molecule has 0 amide bonds. The second kappa shape index (κ2) is 1.01. The highest BCUT2D eigenvalue weighted by atomic mass is 15.0. The number of nitrogens with two attached hydrogens (primary N) is 2. The lowest BCUT2D eigenvalue weighted by Crippen LogP contribution is -2.12. The predicted molar refractivity (Wildman–Crippen MR) is 29.7 cm³/mol. The molecule has 0 aliphatic heterocycles. The molecule has 1 saturated carbocycles. The van der Waals surface area contributed by atoms with Crippen LogP contribution in [0.3, 0.4) is 0 Å². The van der Waals surface area contributed by atoms with Crippen molar-refractivity contribution >= 4 is 0 Å². The van der Waals surface area contributed by atoms with Gasteiger partial charge in [0.15, 0.2) is 0 Å². The number of hydrogen-bond donors (Lipinski definition) is 2. The Hall–Kier alpha value is -0.0800. The van der Waals surface area contributed by atoms with E-state index in [1.165, 1.54) is 0 Å². The van der Waals surface area contributed by atoms with E-state index in [1.807, 2.05) is 0 Å². The first-order valence-electron chi connectivity index (χ1n) is 2.58. The normalized spacial score (nSPS) is 46.3. The molecular formula is C5H12N2. The largest absolute Gasteiger partial charge is 0.326 e. The summed E-state index contributed by atoms with van der Waals surface area (Å²) < 4.78 is 0. The maximum absolute atomic E-state index is 5.52. The summed E-state index contributed by atoms with van der Waals surface area (Å²) >= 11 is 0. The molecule has 0 radical (unpaired) electrons. The van der Waals surface area contributed by atoms with Crippen LogP contribution in [0.4, 0.5) is 0 Å². The van der Waals surface area contributed by atoms with Crippen molar-refractivity contribution in [2.45, 2.75) is 25.9 Å². The quantitative estimate of drug-likeness (QED) is 0.438. The Morgan fingerprint density at radius 3 is 1.29 bits per heavy atom. The minimum Gasteiger partial charge on any atom is -0.326 e. The summed E-state index contributed by atoms with van der Waals surface area (Å²) in [4.78, 5) is 0. The third-order valence-electron chi connectivity index (χ3n) is 2.00. The van der Waals surface area contributed by atoms with Gasteiger partial charge in [-0.25, -0.2) is 0 Å². The number of hydrogen-bond acceptors (Lipinski definition) is 2. The summed E-state index contributed by atoms with van der Waals surface area (Å²) in [7, 11) is 0. The first kappa shape index (κ1) is 5.06. The van der Waals surface area contributed by atoms with Gasteiger partial charge in [0.2, 0.25) is 0 Å². The van der Waals surface area contributed by atoms with Crippen LogP contribution in [0.5, 0.6) is 0 Å². The van der Waals surface area contributed by atoms with Crippen LogP contribution in [0.15, 0.2) is 0 Å². The van der Waals surface area contributed by atoms with Crippen LogP contribution in [-0.2, 0) is 0 Å². The topological polar surface area (TPSA) is 52.0 Å². The Kier molecular flexibility index (Phi) is 0.730. The lowest BCUT2D eigenvalue weighted by Gasteiger charge is -1.93. The van der Waals surface area contributed by atoms with E-state index in [2.05, 4.69) is 13.8 Å². The first-order chi connectivity index (χ1) is 3.07. The summed E-state index contributed by atoms with van der Waals surface area (Å²) in [5, 5.41) is 0. The minimum atomic E-state index is 0.222. The van der Waals surface area contributed by atoms with Crippen LogP contribution < -0.4 is 11.5 Å². The maximum Gasteiger partial charge on any atom is 0.0265 e. The van der Waals surface area contributed by atoms with Gasteiger partial charge in [-0.15, -0.1) is 0 Å². The van der Waals surface area contributed by atoms with Crippen LogP contribution in [0.2, 0.25) is 0 Å². The summed E-state index contributed by atoms with van der Waals surface area (Å²) in [5.74, 6) is 0. The van der Waals surface area contributed by atoms with E-state index in [9.17, 15) is 0 Å². The highest BCUT2D eigenvalue weighted by Gasteiger charge is 2.52. The summed E-state index contributed by atoms with van der Waals surface area (Å²) in [6, 6.07) is 0.486. The minimum absolute atomic E-state index is 0.222. The zero-order valence-electron chi connectivity index (χ0n) is 4.81. The monoisotopic (exact) mass is 100 g/mol. The van der Waals surface area contributed by atoms with E-state index in [0.717, 1.165) is 0 Å². The zero-order valence-corrected chi connectivity index (χ0v) is 4.81. The fourth-order valence-corrected chi connectivity index (χ4v) is 0.718. The van der Waals surface area contributed by atoms with Crippen molar-refractivity contribution in [3.05, 3.63) is 0 Å². The van der Waals surface area contributed by atoms with Gasteiger partial charge in [-0.2, -0.15) is 0 Å².